The van der Waals surface area contributed by atoms with Crippen LogP contribution in [-0.4, -0.2) is 20.4 Å². The van der Waals surface area contributed by atoms with Crippen LogP contribution >= 0.6 is 0 Å². The van der Waals surface area contributed by atoms with Crippen LogP contribution in [0.25, 0.3) is 0 Å². The highest BCUT2D eigenvalue weighted by Gasteiger charge is 2.19. The predicted molar refractivity (Wildman–Crippen MR) is 80.0 cm³/mol. The molecule has 0 aromatic heterocycles. The Balaban J connectivity index is 2.33. The number of carbonyl (C=O) groups is 1. The van der Waals surface area contributed by atoms with Gasteiger partial charge in [-0.25, -0.2) is 19.4 Å². The Morgan fingerprint density at radius 3 is 2.43 bits per heavy atom. The van der Waals surface area contributed by atoms with E-state index in [0.29, 0.717) is 5.69 Å². The Hall–Kier alpha value is -1.64. The van der Waals surface area contributed by atoms with Crippen LogP contribution in [0, 0.1) is 0 Å². The number of anilines is 1. The molecule has 21 heavy (non-hydrogen) atoms. The molecule has 1 aliphatic rings. The summed E-state index contributed by atoms with van der Waals surface area (Å²) in [5, 5.41) is 8.38. The molecule has 0 saturated heterocycles. The molecule has 1 amide bonds. The van der Waals surface area contributed by atoms with Gasteiger partial charge in [0.15, 0.2) is 0 Å². The number of nitrogen functional groups attached to an aromatic ring is 1. The van der Waals surface area contributed by atoms with E-state index >= 15 is 0 Å². The van der Waals surface area contributed by atoms with Gasteiger partial charge >= 0.3 is 0 Å². The number of benzene rings is 1. The van der Waals surface area contributed by atoms with Crippen LogP contribution in [-0.2, 0) is 10.0 Å². The average molecular weight is 312 g/mol. The topological polar surface area (TPSA) is 127 Å². The minimum Gasteiger partial charge on any atom is -0.382 e. The summed E-state index contributed by atoms with van der Waals surface area (Å²) in [6.45, 7) is 0. The van der Waals surface area contributed by atoms with E-state index in [1.54, 1.807) is 6.07 Å². The van der Waals surface area contributed by atoms with Gasteiger partial charge in [-0.15, -0.1) is 0 Å². The van der Waals surface area contributed by atoms with Crippen LogP contribution < -0.4 is 21.7 Å². The van der Waals surface area contributed by atoms with Crippen molar-refractivity contribution in [3.63, 3.8) is 0 Å². The standard InChI is InChI=1S/C13H20N4O3S/c14-17-13(18)11-8-10(21(15,19)20)6-7-12(11)16-9-4-2-1-3-5-9/h6-9,16H,1-5,14H2,(H,17,18)(H2,15,19,20). The molecule has 116 valence electrons. The first-order chi connectivity index (χ1) is 9.91. The van der Waals surface area contributed by atoms with Gasteiger partial charge in [0, 0.05) is 11.7 Å². The van der Waals surface area contributed by atoms with Crippen molar-refractivity contribution < 1.29 is 13.2 Å². The summed E-state index contributed by atoms with van der Waals surface area (Å²) in [4.78, 5) is 11.7. The molecule has 0 aliphatic heterocycles. The Morgan fingerprint density at radius 2 is 1.86 bits per heavy atom. The van der Waals surface area contributed by atoms with Gasteiger partial charge in [-0.3, -0.25) is 10.2 Å². The summed E-state index contributed by atoms with van der Waals surface area (Å²) in [5.41, 5.74) is 2.77. The highest BCUT2D eigenvalue weighted by molar-refractivity contribution is 7.89. The van der Waals surface area contributed by atoms with Crippen molar-refractivity contribution >= 4 is 21.6 Å². The third-order valence-corrected chi connectivity index (χ3v) is 4.57. The molecule has 1 aromatic carbocycles. The fourth-order valence-corrected chi connectivity index (χ4v) is 3.10. The zero-order valence-electron chi connectivity index (χ0n) is 11.6. The van der Waals surface area contributed by atoms with E-state index in [2.05, 4.69) is 5.32 Å². The number of nitrogens with two attached hydrogens (primary N) is 2. The first kappa shape index (κ1) is 15.7. The third kappa shape index (κ3) is 3.93. The predicted octanol–water partition coefficient (Wildman–Crippen LogP) is 0.682. The van der Waals surface area contributed by atoms with Crippen molar-refractivity contribution in [1.82, 2.24) is 5.43 Å². The van der Waals surface area contributed by atoms with Crippen molar-refractivity contribution in [3.05, 3.63) is 23.8 Å². The molecule has 8 heteroatoms. The van der Waals surface area contributed by atoms with Crippen LogP contribution in [0.4, 0.5) is 5.69 Å². The maximum absolute atomic E-state index is 11.8. The number of amides is 1. The van der Waals surface area contributed by atoms with E-state index in [4.69, 9.17) is 11.0 Å². The number of hydrazine groups is 1. The third-order valence-electron chi connectivity index (χ3n) is 3.66. The lowest BCUT2D eigenvalue weighted by Gasteiger charge is -2.25. The maximum atomic E-state index is 11.8. The van der Waals surface area contributed by atoms with E-state index in [0.717, 1.165) is 25.7 Å². The van der Waals surface area contributed by atoms with Gasteiger partial charge < -0.3 is 5.32 Å². The van der Waals surface area contributed by atoms with Gasteiger partial charge in [-0.2, -0.15) is 0 Å². The van der Waals surface area contributed by atoms with Crippen molar-refractivity contribution in [3.8, 4) is 0 Å². The Labute approximate surface area is 124 Å². The molecule has 7 nitrogen and oxygen atoms in total. The summed E-state index contributed by atoms with van der Waals surface area (Å²) in [6.07, 6.45) is 5.57. The van der Waals surface area contributed by atoms with Crippen LogP contribution in [0.15, 0.2) is 23.1 Å². The summed E-state index contributed by atoms with van der Waals surface area (Å²) in [6, 6.07) is 4.46. The maximum Gasteiger partial charge on any atom is 0.267 e. The number of nitrogens with one attached hydrogen (secondary N) is 2. The second-order valence-corrected chi connectivity index (χ2v) is 6.77. The molecule has 1 fully saturated rings. The first-order valence-corrected chi connectivity index (χ1v) is 8.41. The lowest BCUT2D eigenvalue weighted by molar-refractivity contribution is 0.0954. The zero-order chi connectivity index (χ0) is 15.5. The number of carbonyl (C=O) groups excluding carboxylic acids is 1. The second kappa shape index (κ2) is 6.42. The van der Waals surface area contributed by atoms with Gasteiger partial charge in [0.05, 0.1) is 10.5 Å². The Morgan fingerprint density at radius 1 is 1.19 bits per heavy atom. The van der Waals surface area contributed by atoms with Gasteiger partial charge in [0.1, 0.15) is 0 Å². The molecule has 0 heterocycles. The van der Waals surface area contributed by atoms with Crippen LogP contribution in [0.2, 0.25) is 0 Å². The van der Waals surface area contributed by atoms with E-state index < -0.39 is 15.9 Å². The number of hydrogen-bond acceptors (Lipinski definition) is 5. The number of sulfonamides is 1. The van der Waals surface area contributed by atoms with E-state index in [9.17, 15) is 13.2 Å². The fourth-order valence-electron chi connectivity index (χ4n) is 2.56. The summed E-state index contributed by atoms with van der Waals surface area (Å²) in [7, 11) is -3.87. The van der Waals surface area contributed by atoms with Crippen molar-refractivity contribution in [2.45, 2.75) is 43.0 Å². The lowest BCUT2D eigenvalue weighted by atomic mass is 9.95. The molecule has 0 unspecified atom stereocenters. The van der Waals surface area contributed by atoms with E-state index in [-0.39, 0.29) is 16.5 Å². The van der Waals surface area contributed by atoms with Gasteiger partial charge in [-0.1, -0.05) is 19.3 Å². The molecule has 0 bridgehead atoms. The fraction of sp³-hybridized carbons (Fsp3) is 0.462. The smallest absolute Gasteiger partial charge is 0.267 e. The Kier molecular flexibility index (Phi) is 4.81. The van der Waals surface area contributed by atoms with Crippen molar-refractivity contribution in [1.29, 1.82) is 0 Å². The highest BCUT2D eigenvalue weighted by atomic mass is 32.2. The van der Waals surface area contributed by atoms with E-state index in [1.807, 2.05) is 5.43 Å². The molecule has 1 aromatic rings. The lowest BCUT2D eigenvalue weighted by Crippen LogP contribution is -2.32. The summed E-state index contributed by atoms with van der Waals surface area (Å²) < 4.78 is 22.8. The van der Waals surface area contributed by atoms with Gasteiger partial charge in [-0.05, 0) is 31.0 Å². The minimum absolute atomic E-state index is 0.115. The van der Waals surface area contributed by atoms with Crippen LogP contribution in [0.1, 0.15) is 42.5 Å². The molecule has 0 spiro atoms. The second-order valence-electron chi connectivity index (χ2n) is 5.21. The molecule has 1 saturated carbocycles. The monoisotopic (exact) mass is 312 g/mol. The molecule has 2 rings (SSSR count). The molecular formula is C13H20N4O3S. The molecule has 6 N–H and O–H groups in total. The molecule has 0 atom stereocenters. The SMILES string of the molecule is NNC(=O)c1cc(S(N)(=O)=O)ccc1NC1CCCCC1. The summed E-state index contributed by atoms with van der Waals surface area (Å²) in [5.74, 6) is 4.60. The Bertz CT molecular complexity index is 624. The minimum atomic E-state index is -3.87. The largest absolute Gasteiger partial charge is 0.382 e. The normalized spacial score (nSPS) is 16.5. The number of primary sulfonamides is 1. The van der Waals surface area contributed by atoms with E-state index in [1.165, 1.54) is 18.6 Å². The van der Waals surface area contributed by atoms with Crippen molar-refractivity contribution in [2.24, 2.45) is 11.0 Å². The number of hydrogen-bond donors (Lipinski definition) is 4. The average Bonchev–Trinajstić information content (AvgIpc) is 2.47. The van der Waals surface area contributed by atoms with Crippen LogP contribution in [0.5, 0.6) is 0 Å². The number of rotatable bonds is 4. The summed E-state index contributed by atoms with van der Waals surface area (Å²) >= 11 is 0. The molecule has 1 aliphatic carbocycles. The quantitative estimate of drug-likeness (QED) is 0.369. The van der Waals surface area contributed by atoms with Gasteiger partial charge in [0.25, 0.3) is 5.91 Å². The molecular weight excluding hydrogens is 292 g/mol. The molecule has 0 radical (unpaired) electrons. The van der Waals surface area contributed by atoms with Gasteiger partial charge in [0.2, 0.25) is 10.0 Å². The first-order valence-electron chi connectivity index (χ1n) is 6.86. The van der Waals surface area contributed by atoms with Crippen LogP contribution in [0.3, 0.4) is 0 Å². The van der Waals surface area contributed by atoms with Crippen molar-refractivity contribution in [2.75, 3.05) is 5.32 Å². The highest BCUT2D eigenvalue weighted by Crippen LogP contribution is 2.25. The zero-order valence-corrected chi connectivity index (χ0v) is 12.4.